The summed E-state index contributed by atoms with van der Waals surface area (Å²) in [5.41, 5.74) is 1.11. The highest BCUT2D eigenvalue weighted by Crippen LogP contribution is 2.45. The Kier molecular flexibility index (Phi) is 7.83. The highest BCUT2D eigenvalue weighted by molar-refractivity contribution is 6.51. The normalized spacial score (nSPS) is 16.6. The third kappa shape index (κ3) is 4.99. The van der Waals surface area contributed by atoms with Crippen molar-refractivity contribution < 1.29 is 33.6 Å². The summed E-state index contributed by atoms with van der Waals surface area (Å²) in [6, 6.07) is 15.8. The van der Waals surface area contributed by atoms with Crippen LogP contribution in [-0.4, -0.2) is 44.2 Å². The van der Waals surface area contributed by atoms with Gasteiger partial charge < -0.3 is 24.1 Å². The fraction of sp³-hybridized carbons (Fsp3) is 0.241. The van der Waals surface area contributed by atoms with Gasteiger partial charge in [-0.25, -0.2) is 0 Å². The van der Waals surface area contributed by atoms with E-state index in [2.05, 4.69) is 0 Å². The summed E-state index contributed by atoms with van der Waals surface area (Å²) in [5.74, 6) is -0.345. The Morgan fingerprint density at radius 2 is 1.47 bits per heavy atom. The number of amides is 1. The third-order valence-corrected chi connectivity index (χ3v) is 6.39. The molecule has 4 rings (SSSR count). The van der Waals surface area contributed by atoms with Crippen LogP contribution in [0.3, 0.4) is 0 Å². The number of carbonyl (C=O) groups is 2. The van der Waals surface area contributed by atoms with Crippen molar-refractivity contribution in [3.05, 3.63) is 82.4 Å². The van der Waals surface area contributed by atoms with E-state index in [0.717, 1.165) is 0 Å². The number of methoxy groups -OCH3 is 3. The lowest BCUT2D eigenvalue weighted by Crippen LogP contribution is -2.29. The summed E-state index contributed by atoms with van der Waals surface area (Å²) in [6.45, 7) is 3.83. The molecule has 0 aliphatic carbocycles. The fourth-order valence-corrected chi connectivity index (χ4v) is 4.58. The van der Waals surface area contributed by atoms with Crippen LogP contribution in [0.5, 0.6) is 23.0 Å². The van der Waals surface area contributed by atoms with Gasteiger partial charge in [0, 0.05) is 11.8 Å². The van der Waals surface area contributed by atoms with E-state index in [9.17, 15) is 14.7 Å². The fourth-order valence-electron chi connectivity index (χ4n) is 4.35. The summed E-state index contributed by atoms with van der Waals surface area (Å²) in [5, 5.41) is 11.8. The Morgan fingerprint density at radius 3 is 2.03 bits per heavy atom. The molecule has 1 N–H and O–H groups in total. The molecule has 1 amide bonds. The lowest BCUT2D eigenvalue weighted by atomic mass is 9.94. The summed E-state index contributed by atoms with van der Waals surface area (Å²) < 4.78 is 21.7. The zero-order chi connectivity index (χ0) is 27.6. The van der Waals surface area contributed by atoms with Crippen molar-refractivity contribution in [1.29, 1.82) is 0 Å². The monoisotopic (exact) mass is 537 g/mol. The Bertz CT molecular complexity index is 1380. The SMILES string of the molecule is COc1ccc(N2C(=O)C(=O)/C(=C(/O)c3cc(OC)c(Cl)cc3OC)C2c2ccc(OC(C)C)cc2)cc1. The van der Waals surface area contributed by atoms with Gasteiger partial charge >= 0.3 is 0 Å². The van der Waals surface area contributed by atoms with E-state index in [4.69, 9.17) is 30.5 Å². The number of ketones is 1. The molecule has 0 aromatic heterocycles. The molecule has 0 radical (unpaired) electrons. The maximum atomic E-state index is 13.5. The van der Waals surface area contributed by atoms with Gasteiger partial charge in [-0.15, -0.1) is 0 Å². The van der Waals surface area contributed by atoms with Crippen molar-refractivity contribution in [2.24, 2.45) is 0 Å². The van der Waals surface area contributed by atoms with Crippen LogP contribution in [0.1, 0.15) is 31.0 Å². The van der Waals surface area contributed by atoms with Crippen LogP contribution in [0.4, 0.5) is 5.69 Å². The second-order valence-electron chi connectivity index (χ2n) is 8.79. The number of rotatable bonds is 8. The molecule has 0 spiro atoms. The van der Waals surface area contributed by atoms with Crippen LogP contribution in [0, 0.1) is 0 Å². The lowest BCUT2D eigenvalue weighted by Gasteiger charge is -2.26. The van der Waals surface area contributed by atoms with Crippen LogP contribution < -0.4 is 23.8 Å². The van der Waals surface area contributed by atoms with Gasteiger partial charge in [-0.3, -0.25) is 14.5 Å². The first-order valence-electron chi connectivity index (χ1n) is 11.8. The molecule has 0 saturated carbocycles. The minimum atomic E-state index is -0.942. The number of benzene rings is 3. The average molecular weight is 538 g/mol. The van der Waals surface area contributed by atoms with E-state index in [-0.39, 0.29) is 33.8 Å². The molecule has 38 heavy (non-hydrogen) atoms. The number of Topliss-reactive ketones (excluding diaryl/α,β-unsaturated/α-hetero) is 1. The molecule has 1 aliphatic rings. The van der Waals surface area contributed by atoms with Crippen molar-refractivity contribution >= 4 is 34.7 Å². The summed E-state index contributed by atoms with van der Waals surface area (Å²) in [7, 11) is 4.38. The van der Waals surface area contributed by atoms with Gasteiger partial charge in [-0.1, -0.05) is 23.7 Å². The first-order chi connectivity index (χ1) is 18.2. The number of aliphatic hydroxyl groups excluding tert-OH is 1. The average Bonchev–Trinajstić information content (AvgIpc) is 3.18. The molecule has 3 aromatic carbocycles. The van der Waals surface area contributed by atoms with Gasteiger partial charge in [0.1, 0.15) is 28.8 Å². The molecule has 0 bridgehead atoms. The zero-order valence-corrected chi connectivity index (χ0v) is 22.4. The lowest BCUT2D eigenvalue weighted by molar-refractivity contribution is -0.132. The van der Waals surface area contributed by atoms with Crippen LogP contribution in [0.25, 0.3) is 5.76 Å². The van der Waals surface area contributed by atoms with E-state index in [0.29, 0.717) is 22.7 Å². The van der Waals surface area contributed by atoms with Crippen molar-refractivity contribution in [2.75, 3.05) is 26.2 Å². The predicted molar refractivity (Wildman–Crippen MR) is 145 cm³/mol. The summed E-state index contributed by atoms with van der Waals surface area (Å²) in [4.78, 5) is 28.3. The van der Waals surface area contributed by atoms with E-state index in [1.807, 2.05) is 13.8 Å². The maximum absolute atomic E-state index is 13.5. The number of ether oxygens (including phenoxy) is 4. The van der Waals surface area contributed by atoms with Crippen LogP contribution >= 0.6 is 11.6 Å². The molecule has 198 valence electrons. The number of anilines is 1. The first-order valence-corrected chi connectivity index (χ1v) is 12.2. The second-order valence-corrected chi connectivity index (χ2v) is 9.20. The van der Waals surface area contributed by atoms with Crippen molar-refractivity contribution in [1.82, 2.24) is 0 Å². The minimum Gasteiger partial charge on any atom is -0.507 e. The number of aliphatic hydroxyl groups is 1. The molecule has 1 saturated heterocycles. The largest absolute Gasteiger partial charge is 0.507 e. The summed E-state index contributed by atoms with van der Waals surface area (Å²) in [6.07, 6.45) is -0.0295. The quantitative estimate of drug-likeness (QED) is 0.221. The number of nitrogens with zero attached hydrogens (tertiary/aromatic N) is 1. The van der Waals surface area contributed by atoms with E-state index in [1.54, 1.807) is 48.5 Å². The summed E-state index contributed by atoms with van der Waals surface area (Å²) >= 11 is 6.25. The molecule has 1 fully saturated rings. The molecule has 8 nitrogen and oxygen atoms in total. The Morgan fingerprint density at radius 1 is 0.868 bits per heavy atom. The number of hydrogen-bond acceptors (Lipinski definition) is 7. The van der Waals surface area contributed by atoms with Gasteiger partial charge in [-0.2, -0.15) is 0 Å². The molecule has 1 atom stereocenters. The van der Waals surface area contributed by atoms with Gasteiger partial charge in [0.15, 0.2) is 0 Å². The van der Waals surface area contributed by atoms with Crippen molar-refractivity contribution in [3.63, 3.8) is 0 Å². The Labute approximate surface area is 225 Å². The topological polar surface area (TPSA) is 94.5 Å². The van der Waals surface area contributed by atoms with Gasteiger partial charge in [0.25, 0.3) is 11.7 Å². The molecule has 9 heteroatoms. The molecular weight excluding hydrogens is 510 g/mol. The van der Waals surface area contributed by atoms with Gasteiger partial charge in [0.2, 0.25) is 0 Å². The molecule has 1 unspecified atom stereocenters. The number of halogens is 1. The van der Waals surface area contributed by atoms with E-state index >= 15 is 0 Å². The highest BCUT2D eigenvalue weighted by Gasteiger charge is 2.47. The number of carbonyl (C=O) groups excluding carboxylic acids is 2. The molecular formula is C29H28ClNO7. The van der Waals surface area contributed by atoms with E-state index < -0.39 is 23.5 Å². The molecule has 3 aromatic rings. The Balaban J connectivity index is 1.94. The smallest absolute Gasteiger partial charge is 0.300 e. The molecule has 1 heterocycles. The highest BCUT2D eigenvalue weighted by atomic mass is 35.5. The Hall–Kier alpha value is -4.17. The van der Waals surface area contributed by atoms with Gasteiger partial charge in [0.05, 0.1) is 49.6 Å². The standard InChI is InChI=1S/C29H28ClNO7/c1-16(2)38-20-10-6-17(7-11-20)26-25(27(32)21-14-24(37-5)22(30)15-23(21)36-4)28(33)29(34)31(26)18-8-12-19(35-3)13-9-18/h6-16,26,32H,1-5H3/b27-25+. The third-order valence-electron chi connectivity index (χ3n) is 6.09. The zero-order valence-electron chi connectivity index (χ0n) is 21.7. The second kappa shape index (κ2) is 11.1. The van der Waals surface area contributed by atoms with Crippen LogP contribution in [0.2, 0.25) is 5.02 Å². The molecule has 1 aliphatic heterocycles. The predicted octanol–water partition coefficient (Wildman–Crippen LogP) is 5.78. The number of hydrogen-bond donors (Lipinski definition) is 1. The minimum absolute atomic E-state index is 0.0295. The van der Waals surface area contributed by atoms with Crippen LogP contribution in [-0.2, 0) is 9.59 Å². The van der Waals surface area contributed by atoms with Crippen molar-refractivity contribution in [2.45, 2.75) is 26.0 Å². The van der Waals surface area contributed by atoms with Crippen LogP contribution in [0.15, 0.2) is 66.2 Å². The van der Waals surface area contributed by atoms with E-state index in [1.165, 1.54) is 38.4 Å². The first kappa shape index (κ1) is 26.9. The maximum Gasteiger partial charge on any atom is 0.300 e. The van der Waals surface area contributed by atoms with Gasteiger partial charge in [-0.05, 0) is 61.9 Å². The van der Waals surface area contributed by atoms with Crippen molar-refractivity contribution in [3.8, 4) is 23.0 Å².